The van der Waals surface area contributed by atoms with Crippen LogP contribution in [0.15, 0.2) is 24.3 Å². The van der Waals surface area contributed by atoms with Crippen molar-refractivity contribution in [1.82, 2.24) is 15.1 Å². The number of carbonyl (C=O) groups is 1. The van der Waals surface area contributed by atoms with Gasteiger partial charge in [0.1, 0.15) is 5.82 Å². The number of halogens is 1. The second-order valence-electron chi connectivity index (χ2n) is 7.02. The van der Waals surface area contributed by atoms with Gasteiger partial charge >= 0.3 is 0 Å². The van der Waals surface area contributed by atoms with E-state index in [1.54, 1.807) is 16.8 Å². The molecule has 1 aliphatic heterocycles. The topological polar surface area (TPSA) is 56.2 Å². The number of nitrogens with zero attached hydrogens (tertiary/aromatic N) is 2. The molecule has 1 aliphatic rings. The SMILES string of the molecule is Cc1nn(-c2ccc(F)cc2)c(C)c1C(=O)N[C@@H](C)CC[C@@H]1CCCO1. The van der Waals surface area contributed by atoms with Crippen molar-refractivity contribution in [2.45, 2.75) is 58.6 Å². The minimum absolute atomic E-state index is 0.0691. The van der Waals surface area contributed by atoms with Crippen molar-refractivity contribution < 1.29 is 13.9 Å². The maximum absolute atomic E-state index is 13.1. The van der Waals surface area contributed by atoms with E-state index in [-0.39, 0.29) is 17.8 Å². The number of ether oxygens (including phenoxy) is 1. The number of aryl methyl sites for hydroxylation is 1. The largest absolute Gasteiger partial charge is 0.378 e. The molecular weight excluding hydrogens is 333 g/mol. The summed E-state index contributed by atoms with van der Waals surface area (Å²) < 4.78 is 20.5. The minimum Gasteiger partial charge on any atom is -0.378 e. The quantitative estimate of drug-likeness (QED) is 0.855. The Balaban J connectivity index is 1.68. The first-order valence-corrected chi connectivity index (χ1v) is 9.20. The molecule has 2 atom stereocenters. The molecule has 6 heteroatoms. The summed E-state index contributed by atoms with van der Waals surface area (Å²) in [4.78, 5) is 12.7. The number of nitrogens with one attached hydrogen (secondary N) is 1. The van der Waals surface area contributed by atoms with Crippen LogP contribution in [-0.2, 0) is 4.74 Å². The maximum atomic E-state index is 13.1. The summed E-state index contributed by atoms with van der Waals surface area (Å²) in [5.41, 5.74) is 2.73. The zero-order chi connectivity index (χ0) is 18.7. The van der Waals surface area contributed by atoms with Gasteiger partial charge in [0.05, 0.1) is 28.7 Å². The molecule has 1 aromatic carbocycles. The monoisotopic (exact) mass is 359 g/mol. The molecule has 1 saturated heterocycles. The Morgan fingerprint density at radius 2 is 2.12 bits per heavy atom. The van der Waals surface area contributed by atoms with Crippen LogP contribution >= 0.6 is 0 Å². The summed E-state index contributed by atoms with van der Waals surface area (Å²) in [6.07, 6.45) is 4.43. The lowest BCUT2D eigenvalue weighted by Crippen LogP contribution is -2.33. The van der Waals surface area contributed by atoms with Crippen LogP contribution in [0.1, 0.15) is 54.4 Å². The standard InChI is InChI=1S/C20H26FN3O2/c1-13(6-11-18-5-4-12-26-18)22-20(25)19-14(2)23-24(15(19)3)17-9-7-16(21)8-10-17/h7-10,13,18H,4-6,11-12H2,1-3H3,(H,22,25)/t13-,18-/m0/s1. The van der Waals surface area contributed by atoms with Crippen molar-refractivity contribution in [2.75, 3.05) is 6.61 Å². The first-order valence-electron chi connectivity index (χ1n) is 9.20. The van der Waals surface area contributed by atoms with E-state index in [1.165, 1.54) is 12.1 Å². The molecule has 3 rings (SSSR count). The maximum Gasteiger partial charge on any atom is 0.255 e. The van der Waals surface area contributed by atoms with Crippen LogP contribution in [0.3, 0.4) is 0 Å². The van der Waals surface area contributed by atoms with Gasteiger partial charge in [0.15, 0.2) is 0 Å². The van der Waals surface area contributed by atoms with Gasteiger partial charge < -0.3 is 10.1 Å². The average Bonchev–Trinajstić information content (AvgIpc) is 3.21. The zero-order valence-corrected chi connectivity index (χ0v) is 15.6. The molecule has 0 aliphatic carbocycles. The van der Waals surface area contributed by atoms with Gasteiger partial charge in [-0.2, -0.15) is 5.10 Å². The molecule has 1 aromatic heterocycles. The molecule has 2 heterocycles. The minimum atomic E-state index is -0.298. The summed E-state index contributed by atoms with van der Waals surface area (Å²) in [5.74, 6) is -0.415. The van der Waals surface area contributed by atoms with E-state index in [2.05, 4.69) is 10.4 Å². The van der Waals surface area contributed by atoms with Crippen LogP contribution in [0.4, 0.5) is 4.39 Å². The Labute approximate surface area is 153 Å². The highest BCUT2D eigenvalue weighted by Crippen LogP contribution is 2.20. The van der Waals surface area contributed by atoms with E-state index in [0.29, 0.717) is 17.4 Å². The molecule has 0 saturated carbocycles. The van der Waals surface area contributed by atoms with Crippen molar-refractivity contribution in [3.8, 4) is 5.69 Å². The predicted molar refractivity (Wildman–Crippen MR) is 98.1 cm³/mol. The first kappa shape index (κ1) is 18.6. The number of aromatic nitrogens is 2. The Kier molecular flexibility index (Phi) is 5.71. The van der Waals surface area contributed by atoms with Crippen molar-refractivity contribution in [2.24, 2.45) is 0 Å². The summed E-state index contributed by atoms with van der Waals surface area (Å²) in [7, 11) is 0. The second-order valence-corrected chi connectivity index (χ2v) is 7.02. The number of rotatable bonds is 6. The molecule has 1 fully saturated rings. The van der Waals surface area contributed by atoms with Gasteiger partial charge in [0.2, 0.25) is 0 Å². The highest BCUT2D eigenvalue weighted by molar-refractivity contribution is 5.96. The number of hydrogen-bond donors (Lipinski definition) is 1. The second kappa shape index (κ2) is 7.99. The van der Waals surface area contributed by atoms with Gasteiger partial charge in [-0.25, -0.2) is 9.07 Å². The molecule has 0 spiro atoms. The van der Waals surface area contributed by atoms with Crippen LogP contribution in [0.25, 0.3) is 5.69 Å². The normalized spacial score (nSPS) is 18.1. The highest BCUT2D eigenvalue weighted by atomic mass is 19.1. The lowest BCUT2D eigenvalue weighted by molar-refractivity contribution is 0.0898. The lowest BCUT2D eigenvalue weighted by Gasteiger charge is -2.16. The van der Waals surface area contributed by atoms with E-state index in [1.807, 2.05) is 20.8 Å². The summed E-state index contributed by atoms with van der Waals surface area (Å²) in [5, 5.41) is 7.53. The third-order valence-electron chi connectivity index (χ3n) is 4.91. The fraction of sp³-hybridized carbons (Fsp3) is 0.500. The first-order chi connectivity index (χ1) is 12.5. The van der Waals surface area contributed by atoms with Crippen LogP contribution in [0.5, 0.6) is 0 Å². The fourth-order valence-electron chi connectivity index (χ4n) is 3.48. The van der Waals surface area contributed by atoms with E-state index in [0.717, 1.165) is 43.7 Å². The third-order valence-corrected chi connectivity index (χ3v) is 4.91. The molecule has 0 unspecified atom stereocenters. The third kappa shape index (κ3) is 4.12. The molecule has 1 N–H and O–H groups in total. The van der Waals surface area contributed by atoms with Gasteiger partial charge in [-0.05, 0) is 70.7 Å². The van der Waals surface area contributed by atoms with Crippen LogP contribution in [-0.4, -0.2) is 34.4 Å². The highest BCUT2D eigenvalue weighted by Gasteiger charge is 2.22. The molecule has 5 nitrogen and oxygen atoms in total. The van der Waals surface area contributed by atoms with Crippen molar-refractivity contribution in [3.63, 3.8) is 0 Å². The molecule has 2 aromatic rings. The molecule has 0 bridgehead atoms. The van der Waals surface area contributed by atoms with Crippen LogP contribution in [0, 0.1) is 19.7 Å². The van der Waals surface area contributed by atoms with Crippen molar-refractivity contribution in [3.05, 3.63) is 47.0 Å². The Bertz CT molecular complexity index is 764. The summed E-state index contributed by atoms with van der Waals surface area (Å²) >= 11 is 0. The van der Waals surface area contributed by atoms with Gasteiger partial charge in [-0.3, -0.25) is 4.79 Å². The number of carbonyl (C=O) groups excluding carboxylic acids is 1. The van der Waals surface area contributed by atoms with Gasteiger partial charge in [-0.1, -0.05) is 0 Å². The zero-order valence-electron chi connectivity index (χ0n) is 15.6. The van der Waals surface area contributed by atoms with E-state index < -0.39 is 0 Å². The van der Waals surface area contributed by atoms with E-state index >= 15 is 0 Å². The van der Waals surface area contributed by atoms with E-state index in [9.17, 15) is 9.18 Å². The van der Waals surface area contributed by atoms with Gasteiger partial charge in [0, 0.05) is 12.6 Å². The van der Waals surface area contributed by atoms with Crippen LogP contribution < -0.4 is 5.32 Å². The molecular formula is C20H26FN3O2. The Morgan fingerprint density at radius 1 is 1.38 bits per heavy atom. The Hall–Kier alpha value is -2.21. The van der Waals surface area contributed by atoms with E-state index in [4.69, 9.17) is 4.74 Å². The van der Waals surface area contributed by atoms with Gasteiger partial charge in [0.25, 0.3) is 5.91 Å². The van der Waals surface area contributed by atoms with Crippen molar-refractivity contribution in [1.29, 1.82) is 0 Å². The molecule has 1 amide bonds. The smallest absolute Gasteiger partial charge is 0.255 e. The number of hydrogen-bond acceptors (Lipinski definition) is 3. The molecule has 0 radical (unpaired) electrons. The molecule has 26 heavy (non-hydrogen) atoms. The summed E-state index contributed by atoms with van der Waals surface area (Å²) in [6, 6.07) is 6.15. The number of amides is 1. The molecule has 140 valence electrons. The summed E-state index contributed by atoms with van der Waals surface area (Å²) in [6.45, 7) is 6.54. The average molecular weight is 359 g/mol. The predicted octanol–water partition coefficient (Wildman–Crippen LogP) is 3.71. The van der Waals surface area contributed by atoms with Gasteiger partial charge in [-0.15, -0.1) is 0 Å². The van der Waals surface area contributed by atoms with Crippen LogP contribution in [0.2, 0.25) is 0 Å². The lowest BCUT2D eigenvalue weighted by atomic mass is 10.1. The Morgan fingerprint density at radius 3 is 2.77 bits per heavy atom. The fourth-order valence-corrected chi connectivity index (χ4v) is 3.48. The number of benzene rings is 1. The van der Waals surface area contributed by atoms with Crippen molar-refractivity contribution >= 4 is 5.91 Å².